The topological polar surface area (TPSA) is 78.1 Å². The van der Waals surface area contributed by atoms with Crippen LogP contribution in [0.15, 0.2) is 47.5 Å². The molecule has 0 radical (unpaired) electrons. The van der Waals surface area contributed by atoms with Gasteiger partial charge in [0, 0.05) is 17.3 Å². The van der Waals surface area contributed by atoms with Crippen molar-refractivity contribution < 1.29 is 14.2 Å². The molecule has 2 aromatic carbocycles. The summed E-state index contributed by atoms with van der Waals surface area (Å²) in [6, 6.07) is 13.0. The third kappa shape index (κ3) is 4.54. The van der Waals surface area contributed by atoms with Crippen LogP contribution in [-0.4, -0.2) is 27.3 Å². The molecule has 0 heterocycles. The van der Waals surface area contributed by atoms with Gasteiger partial charge in [0.25, 0.3) is 0 Å². The van der Waals surface area contributed by atoms with Crippen molar-refractivity contribution in [1.29, 1.82) is 0 Å². The van der Waals surface area contributed by atoms with Crippen molar-refractivity contribution in [3.63, 3.8) is 0 Å². The largest absolute Gasteiger partial charge is 0.497 e. The first-order chi connectivity index (χ1) is 11.2. The molecule has 0 bridgehead atoms. The van der Waals surface area contributed by atoms with Crippen molar-refractivity contribution in [1.82, 2.24) is 0 Å². The maximum atomic E-state index is 5.91. The Balaban J connectivity index is 2.03. The Bertz CT molecular complexity index is 669. The molecule has 23 heavy (non-hydrogen) atoms. The summed E-state index contributed by atoms with van der Waals surface area (Å²) in [4.78, 5) is 4.33. The molecule has 0 spiro atoms. The zero-order valence-electron chi connectivity index (χ0n) is 13.5. The highest BCUT2D eigenvalue weighted by Gasteiger charge is 2.05. The third-order valence-corrected chi connectivity index (χ3v) is 3.28. The molecule has 0 amide bonds. The molecule has 2 aromatic rings. The smallest absolute Gasteiger partial charge is 0.193 e. The minimum atomic E-state index is 0.327. The molecule has 0 atom stereocenters. The van der Waals surface area contributed by atoms with E-state index in [9.17, 15) is 0 Å². The molecule has 0 unspecified atom stereocenters. The number of methoxy groups -OCH3 is 3. The quantitative estimate of drug-likeness (QED) is 0.633. The van der Waals surface area contributed by atoms with Crippen molar-refractivity contribution in [2.24, 2.45) is 10.7 Å². The summed E-state index contributed by atoms with van der Waals surface area (Å²) in [7, 11) is 4.85. The average Bonchev–Trinajstić information content (AvgIpc) is 2.60. The Morgan fingerprint density at radius 2 is 1.61 bits per heavy atom. The molecule has 0 aliphatic rings. The Morgan fingerprint density at radius 3 is 2.22 bits per heavy atom. The van der Waals surface area contributed by atoms with Gasteiger partial charge in [0.15, 0.2) is 5.96 Å². The Labute approximate surface area is 135 Å². The first-order valence-electron chi connectivity index (χ1n) is 7.08. The second-order valence-corrected chi connectivity index (χ2v) is 4.73. The van der Waals surface area contributed by atoms with Gasteiger partial charge in [0.05, 0.1) is 27.9 Å². The lowest BCUT2D eigenvalue weighted by atomic mass is 10.2. The third-order valence-electron chi connectivity index (χ3n) is 3.28. The highest BCUT2D eigenvalue weighted by Crippen LogP contribution is 2.25. The second kappa shape index (κ2) is 7.93. The Morgan fingerprint density at radius 1 is 0.957 bits per heavy atom. The standard InChI is InChI=1S/C17H21N3O3/c1-21-14-8-5-13(6-9-14)20-17(18)19-11-12-4-7-15(22-2)10-16(12)23-3/h4-10H,11H2,1-3H3,(H3,18,19,20). The van der Waals surface area contributed by atoms with E-state index >= 15 is 0 Å². The molecule has 2 rings (SSSR count). The van der Waals surface area contributed by atoms with Crippen LogP contribution in [0, 0.1) is 0 Å². The van der Waals surface area contributed by atoms with E-state index in [4.69, 9.17) is 19.9 Å². The van der Waals surface area contributed by atoms with Gasteiger partial charge in [-0.25, -0.2) is 4.99 Å². The number of nitrogens with two attached hydrogens (primary N) is 1. The summed E-state index contributed by atoms with van der Waals surface area (Å²) in [5.41, 5.74) is 7.68. The summed E-state index contributed by atoms with van der Waals surface area (Å²) in [5, 5.41) is 3.03. The zero-order valence-corrected chi connectivity index (χ0v) is 13.5. The van der Waals surface area contributed by atoms with E-state index in [0.29, 0.717) is 18.3 Å². The van der Waals surface area contributed by atoms with Crippen molar-refractivity contribution in [3.8, 4) is 17.2 Å². The molecule has 0 saturated heterocycles. The average molecular weight is 315 g/mol. The molecule has 6 nitrogen and oxygen atoms in total. The monoisotopic (exact) mass is 315 g/mol. The highest BCUT2D eigenvalue weighted by atomic mass is 16.5. The summed E-state index contributed by atoms with van der Waals surface area (Å²) in [6.45, 7) is 0.405. The van der Waals surface area contributed by atoms with Crippen LogP contribution in [-0.2, 0) is 6.54 Å². The lowest BCUT2D eigenvalue weighted by Gasteiger charge is -2.10. The lowest BCUT2D eigenvalue weighted by molar-refractivity contribution is 0.391. The molecule has 3 N–H and O–H groups in total. The van der Waals surface area contributed by atoms with Gasteiger partial charge in [-0.3, -0.25) is 0 Å². The first kappa shape index (κ1) is 16.5. The van der Waals surface area contributed by atoms with Gasteiger partial charge in [0.2, 0.25) is 0 Å². The molecule has 122 valence electrons. The van der Waals surface area contributed by atoms with Gasteiger partial charge in [-0.2, -0.15) is 0 Å². The van der Waals surface area contributed by atoms with Crippen molar-refractivity contribution in [2.45, 2.75) is 6.54 Å². The van der Waals surface area contributed by atoms with Gasteiger partial charge in [-0.05, 0) is 36.4 Å². The van der Waals surface area contributed by atoms with Crippen LogP contribution < -0.4 is 25.3 Å². The number of benzene rings is 2. The van der Waals surface area contributed by atoms with Crippen molar-refractivity contribution >= 4 is 11.6 Å². The molecule has 0 fully saturated rings. The van der Waals surface area contributed by atoms with E-state index in [1.807, 2.05) is 42.5 Å². The van der Waals surface area contributed by atoms with E-state index in [1.165, 1.54) is 0 Å². The summed E-state index contributed by atoms with van der Waals surface area (Å²) in [5.74, 6) is 2.56. The van der Waals surface area contributed by atoms with Crippen molar-refractivity contribution in [2.75, 3.05) is 26.6 Å². The SMILES string of the molecule is COc1ccc(NC(N)=NCc2ccc(OC)cc2OC)cc1. The van der Waals surface area contributed by atoms with Crippen LogP contribution in [0.2, 0.25) is 0 Å². The van der Waals surface area contributed by atoms with Crippen LogP contribution in [0.3, 0.4) is 0 Å². The van der Waals surface area contributed by atoms with Crippen LogP contribution in [0.1, 0.15) is 5.56 Å². The van der Waals surface area contributed by atoms with Crippen LogP contribution in [0.4, 0.5) is 5.69 Å². The van der Waals surface area contributed by atoms with Crippen LogP contribution >= 0.6 is 0 Å². The normalized spacial score (nSPS) is 11.0. The van der Waals surface area contributed by atoms with Crippen LogP contribution in [0.25, 0.3) is 0 Å². The number of aliphatic imine (C=N–C) groups is 1. The minimum absolute atomic E-state index is 0.327. The maximum Gasteiger partial charge on any atom is 0.193 e. The minimum Gasteiger partial charge on any atom is -0.497 e. The summed E-state index contributed by atoms with van der Waals surface area (Å²) in [6.07, 6.45) is 0. The first-order valence-corrected chi connectivity index (χ1v) is 7.08. The predicted octanol–water partition coefficient (Wildman–Crippen LogP) is 2.64. The Kier molecular flexibility index (Phi) is 5.68. The molecule has 0 saturated carbocycles. The molecule has 0 aromatic heterocycles. The second-order valence-electron chi connectivity index (χ2n) is 4.73. The lowest BCUT2D eigenvalue weighted by Crippen LogP contribution is -2.22. The molecular weight excluding hydrogens is 294 g/mol. The number of rotatable bonds is 6. The number of hydrogen-bond acceptors (Lipinski definition) is 4. The molecule has 0 aliphatic heterocycles. The van der Waals surface area contributed by atoms with Gasteiger partial charge in [-0.15, -0.1) is 0 Å². The summed E-state index contributed by atoms with van der Waals surface area (Å²) < 4.78 is 15.6. The number of hydrogen-bond donors (Lipinski definition) is 2. The van der Waals surface area contributed by atoms with E-state index < -0.39 is 0 Å². The number of ether oxygens (including phenoxy) is 3. The van der Waals surface area contributed by atoms with E-state index in [1.54, 1.807) is 21.3 Å². The van der Waals surface area contributed by atoms with Crippen molar-refractivity contribution in [3.05, 3.63) is 48.0 Å². The van der Waals surface area contributed by atoms with Crippen LogP contribution in [0.5, 0.6) is 17.2 Å². The Hall–Kier alpha value is -2.89. The highest BCUT2D eigenvalue weighted by molar-refractivity contribution is 5.92. The fourth-order valence-corrected chi connectivity index (χ4v) is 2.01. The zero-order chi connectivity index (χ0) is 16.7. The maximum absolute atomic E-state index is 5.91. The van der Waals surface area contributed by atoms with Gasteiger partial charge in [-0.1, -0.05) is 0 Å². The van der Waals surface area contributed by atoms with Gasteiger partial charge >= 0.3 is 0 Å². The number of nitrogens with one attached hydrogen (secondary N) is 1. The fraction of sp³-hybridized carbons (Fsp3) is 0.235. The fourth-order valence-electron chi connectivity index (χ4n) is 2.01. The molecule has 0 aliphatic carbocycles. The molecular formula is C17H21N3O3. The van der Waals surface area contributed by atoms with Gasteiger partial charge < -0.3 is 25.3 Å². The number of nitrogens with zero attached hydrogens (tertiary/aromatic N) is 1. The number of anilines is 1. The van der Waals surface area contributed by atoms with E-state index in [2.05, 4.69) is 10.3 Å². The van der Waals surface area contributed by atoms with Gasteiger partial charge in [0.1, 0.15) is 17.2 Å². The summed E-state index contributed by atoms with van der Waals surface area (Å²) >= 11 is 0. The van der Waals surface area contributed by atoms with E-state index in [0.717, 1.165) is 22.7 Å². The molecule has 6 heteroatoms. The number of guanidine groups is 1. The van der Waals surface area contributed by atoms with E-state index in [-0.39, 0.29) is 0 Å². The predicted molar refractivity (Wildman–Crippen MR) is 91.5 cm³/mol.